The van der Waals surface area contributed by atoms with E-state index in [1.807, 2.05) is 4.18 Å². The van der Waals surface area contributed by atoms with Gasteiger partial charge in [0.05, 0.1) is 0 Å². The van der Waals surface area contributed by atoms with Gasteiger partial charge in [-0.05, 0) is 0 Å². The van der Waals surface area contributed by atoms with Gasteiger partial charge in [-0.1, -0.05) is 0 Å². The van der Waals surface area contributed by atoms with Gasteiger partial charge in [0.25, 0.3) is 0 Å². The number of hydrogen-bond donors (Lipinski definition) is 0. The minimum absolute atomic E-state index is 0.976. The number of rotatable bonds is 8. The molecule has 0 N–H and O–H groups in total. The third kappa shape index (κ3) is 4.10. The molecule has 0 atom stereocenters. The van der Waals surface area contributed by atoms with E-state index >= 15 is 0 Å². The summed E-state index contributed by atoms with van der Waals surface area (Å²) in [6.07, 6.45) is -15.3. The molecule has 0 unspecified atom stereocenters. The molecule has 0 amide bonds. The second kappa shape index (κ2) is 7.24. The summed E-state index contributed by atoms with van der Waals surface area (Å²) in [5, 5.41) is 0. The van der Waals surface area contributed by atoms with E-state index in [9.17, 15) is 83.1 Å². The van der Waals surface area contributed by atoms with Crippen LogP contribution in [0.15, 0.2) is 0 Å². The van der Waals surface area contributed by atoms with E-state index in [0.29, 0.717) is 0 Å². The van der Waals surface area contributed by atoms with Crippen molar-refractivity contribution in [3.05, 3.63) is 0 Å². The Morgan fingerprint density at radius 2 is 0.700 bits per heavy atom. The predicted octanol–water partition coefficient (Wildman–Crippen LogP) is 4.76. The van der Waals surface area contributed by atoms with Gasteiger partial charge in [0.2, 0.25) is 0 Å². The molecule has 0 fully saturated rings. The first kappa shape index (κ1) is 29.5. The topological polar surface area (TPSA) is 43.4 Å². The van der Waals surface area contributed by atoms with Gasteiger partial charge >= 0.3 is 162 Å². The average Bonchev–Trinajstić information content (AvgIpc) is 2.41. The van der Waals surface area contributed by atoms with Crippen molar-refractivity contribution in [2.75, 3.05) is 0 Å². The molecule has 0 rings (SSSR count). The quantitative estimate of drug-likeness (QED) is 0.296. The molecule has 0 aromatic carbocycles. The van der Waals surface area contributed by atoms with Crippen LogP contribution in [0.2, 0.25) is 0 Å². The summed E-state index contributed by atoms with van der Waals surface area (Å²) in [5.41, 5.74) is 0. The molecule has 0 saturated carbocycles. The van der Waals surface area contributed by atoms with Gasteiger partial charge in [0, 0.05) is 0 Å². The van der Waals surface area contributed by atoms with Crippen molar-refractivity contribution < 1.29 is 107 Å². The average molecular weight is 607 g/mol. The third-order valence-electron chi connectivity index (χ3n) is 2.89. The Balaban J connectivity index is 6.77. The molecule has 0 saturated heterocycles. The van der Waals surface area contributed by atoms with Crippen molar-refractivity contribution >= 4 is 7.58 Å². The van der Waals surface area contributed by atoms with E-state index < -0.39 is 55.4 Å². The first-order valence-electron chi connectivity index (χ1n) is 5.79. The van der Waals surface area contributed by atoms with Gasteiger partial charge in [-0.15, -0.1) is 0 Å². The Bertz CT molecular complexity index is 753. The SMILES string of the molecule is O=[S](=O)([Ag])OC(F)(F)C(F)(F)C(F)(F)C(F)(F)C(F)(F)C(F)(F)C(F)(F)C(F)(F)F. The van der Waals surface area contributed by atoms with E-state index in [2.05, 4.69) is 0 Å². The fourth-order valence-electron chi connectivity index (χ4n) is 1.32. The van der Waals surface area contributed by atoms with Crippen LogP contribution in [-0.2, 0) is 31.5 Å². The van der Waals surface area contributed by atoms with Crippen LogP contribution in [0.25, 0.3) is 0 Å². The summed E-state index contributed by atoms with van der Waals surface area (Å²) in [7, 11) is -6.18. The molecule has 0 aliphatic rings. The second-order valence-corrected chi connectivity index (χ2v) is 8.00. The molecule has 3 nitrogen and oxygen atoms in total. The summed E-state index contributed by atoms with van der Waals surface area (Å²) in [5.74, 6) is -51.4. The zero-order chi connectivity index (χ0) is 25.2. The van der Waals surface area contributed by atoms with Crippen LogP contribution in [0.5, 0.6) is 0 Å². The molecule has 0 aromatic heterocycles. The van der Waals surface area contributed by atoms with Gasteiger partial charge in [0.15, 0.2) is 0 Å². The Labute approximate surface area is 163 Å². The summed E-state index contributed by atoms with van der Waals surface area (Å²) < 4.78 is 239. The Hall–Kier alpha value is -0.540. The molecule has 0 spiro atoms. The van der Waals surface area contributed by atoms with Crippen molar-refractivity contribution in [2.45, 2.75) is 47.8 Å². The monoisotopic (exact) mass is 606 g/mol. The van der Waals surface area contributed by atoms with E-state index in [-0.39, 0.29) is 0 Å². The molecule has 0 aliphatic heterocycles. The predicted molar refractivity (Wildman–Crippen MR) is 50.7 cm³/mol. The standard InChI is InChI=1S/C8F17O3S.Ag/c9-1(10,3(13,14)5(17,18)7(21,22)23)2(11,12)4(15,16)6(19,20)8(24,25)28-29(26)27;. The van der Waals surface area contributed by atoms with Crippen molar-refractivity contribution in [1.29, 1.82) is 0 Å². The Morgan fingerprint density at radius 1 is 0.467 bits per heavy atom. The summed E-state index contributed by atoms with van der Waals surface area (Å²) in [4.78, 5) is 0. The molecular formula is C8AgF17O3S. The molecule has 0 bridgehead atoms. The summed E-state index contributed by atoms with van der Waals surface area (Å²) >= 11 is 0.976. The van der Waals surface area contributed by atoms with Crippen molar-refractivity contribution in [2.24, 2.45) is 0 Å². The molecule has 22 heteroatoms. The molecule has 0 heterocycles. The normalized spacial score (nSPS) is 16.8. The van der Waals surface area contributed by atoms with Crippen LogP contribution >= 0.6 is 0 Å². The van der Waals surface area contributed by atoms with Gasteiger partial charge in [-0.2, -0.15) is 0 Å². The van der Waals surface area contributed by atoms with Gasteiger partial charge < -0.3 is 0 Å². The van der Waals surface area contributed by atoms with Crippen LogP contribution in [0, 0.1) is 0 Å². The third-order valence-corrected chi connectivity index (χ3v) is 3.66. The van der Waals surface area contributed by atoms with Crippen molar-refractivity contribution in [3.8, 4) is 0 Å². The van der Waals surface area contributed by atoms with E-state index in [4.69, 9.17) is 0 Å². The fraction of sp³-hybridized carbons (Fsp3) is 1.00. The number of alkyl halides is 17. The van der Waals surface area contributed by atoms with Crippen molar-refractivity contribution in [1.82, 2.24) is 0 Å². The first-order valence-corrected chi connectivity index (χ1v) is 8.85. The molecule has 0 aromatic rings. The number of halogens is 17. The molecule has 186 valence electrons. The van der Waals surface area contributed by atoms with E-state index in [1.54, 1.807) is 0 Å². The fourth-order valence-corrected chi connectivity index (χ4v) is 2.12. The Kier molecular flexibility index (Phi) is 7.11. The summed E-state index contributed by atoms with van der Waals surface area (Å²) in [6, 6.07) is 0. The summed E-state index contributed by atoms with van der Waals surface area (Å²) in [6.45, 7) is 0. The van der Waals surface area contributed by atoms with Crippen LogP contribution in [0.3, 0.4) is 0 Å². The maximum absolute atomic E-state index is 13.2. The van der Waals surface area contributed by atoms with E-state index in [0.717, 1.165) is 19.7 Å². The Morgan fingerprint density at radius 3 is 0.933 bits per heavy atom. The molecular weight excluding hydrogens is 607 g/mol. The van der Waals surface area contributed by atoms with Crippen LogP contribution in [-0.4, -0.2) is 56.2 Å². The van der Waals surface area contributed by atoms with Gasteiger partial charge in [-0.25, -0.2) is 0 Å². The van der Waals surface area contributed by atoms with Gasteiger partial charge in [-0.3, -0.25) is 0 Å². The molecule has 0 radical (unpaired) electrons. The van der Waals surface area contributed by atoms with Crippen LogP contribution in [0.4, 0.5) is 74.6 Å². The zero-order valence-electron chi connectivity index (χ0n) is 12.4. The van der Waals surface area contributed by atoms with Crippen LogP contribution in [0.1, 0.15) is 0 Å². The maximum atomic E-state index is 13.2. The molecule has 0 aliphatic carbocycles. The van der Waals surface area contributed by atoms with Crippen LogP contribution < -0.4 is 0 Å². The zero-order valence-corrected chi connectivity index (χ0v) is 14.7. The minimum atomic E-state index is -8.80. The second-order valence-electron chi connectivity index (χ2n) is 4.90. The van der Waals surface area contributed by atoms with E-state index in [1.165, 1.54) is 0 Å². The van der Waals surface area contributed by atoms with Crippen molar-refractivity contribution in [3.63, 3.8) is 0 Å². The van der Waals surface area contributed by atoms with Gasteiger partial charge in [0.1, 0.15) is 0 Å². The number of hydrogen-bond acceptors (Lipinski definition) is 3. The molecule has 30 heavy (non-hydrogen) atoms. The first-order chi connectivity index (χ1) is 12.5.